The van der Waals surface area contributed by atoms with Crippen LogP contribution >= 0.6 is 15.9 Å². The maximum atomic E-state index is 14.6. The van der Waals surface area contributed by atoms with Gasteiger partial charge in [0, 0.05) is 23.5 Å². The zero-order valence-corrected chi connectivity index (χ0v) is 28.1. The summed E-state index contributed by atoms with van der Waals surface area (Å²) in [5.41, 5.74) is 2.05. The van der Waals surface area contributed by atoms with Crippen molar-refractivity contribution < 1.29 is 22.7 Å². The van der Waals surface area contributed by atoms with Crippen LogP contribution in [0.1, 0.15) is 36.8 Å². The molecule has 1 aliphatic carbocycles. The molecule has 0 bridgehead atoms. The highest BCUT2D eigenvalue weighted by Gasteiger charge is 2.35. The van der Waals surface area contributed by atoms with Crippen molar-refractivity contribution in [3.8, 4) is 5.75 Å². The maximum absolute atomic E-state index is 14.6. The van der Waals surface area contributed by atoms with Crippen molar-refractivity contribution >= 4 is 43.5 Å². The molecule has 1 aliphatic rings. The minimum absolute atomic E-state index is 0.0178. The number of carbonyl (C=O) groups is 2. The fourth-order valence-corrected chi connectivity index (χ4v) is 7.38. The van der Waals surface area contributed by atoms with Gasteiger partial charge in [0.1, 0.15) is 18.3 Å². The molecule has 1 N–H and O–H groups in total. The lowest BCUT2D eigenvalue weighted by Crippen LogP contribution is -2.54. The van der Waals surface area contributed by atoms with Gasteiger partial charge in [-0.3, -0.25) is 13.9 Å². The fourth-order valence-electron chi connectivity index (χ4n) is 5.71. The third-order valence-electron chi connectivity index (χ3n) is 8.21. The number of ether oxygens (including phenoxy) is 1. The summed E-state index contributed by atoms with van der Waals surface area (Å²) in [5, 5.41) is 3.20. The molecule has 1 saturated carbocycles. The van der Waals surface area contributed by atoms with Crippen molar-refractivity contribution in [3.05, 3.63) is 125 Å². The summed E-state index contributed by atoms with van der Waals surface area (Å²) in [7, 11) is -2.68. The van der Waals surface area contributed by atoms with E-state index in [4.69, 9.17) is 4.74 Å². The second-order valence-electron chi connectivity index (χ2n) is 11.4. The lowest BCUT2D eigenvalue weighted by Gasteiger charge is -2.34. The topological polar surface area (TPSA) is 96.0 Å². The number of nitrogens with one attached hydrogen (secondary N) is 1. The predicted octanol–water partition coefficient (Wildman–Crippen LogP) is 6.35. The van der Waals surface area contributed by atoms with Gasteiger partial charge in [-0.1, -0.05) is 89.4 Å². The van der Waals surface area contributed by atoms with Crippen LogP contribution in [0.25, 0.3) is 0 Å². The second kappa shape index (κ2) is 15.4. The maximum Gasteiger partial charge on any atom is 0.264 e. The van der Waals surface area contributed by atoms with Crippen molar-refractivity contribution in [2.45, 2.75) is 55.6 Å². The normalized spacial score (nSPS) is 14.0. The van der Waals surface area contributed by atoms with E-state index in [1.807, 2.05) is 54.6 Å². The molecule has 1 fully saturated rings. The van der Waals surface area contributed by atoms with E-state index < -0.39 is 28.5 Å². The first-order valence-electron chi connectivity index (χ1n) is 15.3. The molecule has 0 unspecified atom stereocenters. The van der Waals surface area contributed by atoms with Crippen LogP contribution in [0.15, 0.2) is 119 Å². The molecule has 0 spiro atoms. The van der Waals surface area contributed by atoms with Crippen molar-refractivity contribution in [1.29, 1.82) is 0 Å². The first-order chi connectivity index (χ1) is 22.2. The predicted molar refractivity (Wildman–Crippen MR) is 183 cm³/mol. The average molecular weight is 705 g/mol. The number of para-hydroxylation sites is 1. The number of amides is 2. The number of carbonyl (C=O) groups excluding carboxylic acids is 2. The molecule has 46 heavy (non-hydrogen) atoms. The van der Waals surface area contributed by atoms with Gasteiger partial charge in [0.05, 0.1) is 17.7 Å². The van der Waals surface area contributed by atoms with E-state index >= 15 is 0 Å². The molecule has 1 atom stereocenters. The number of rotatable bonds is 13. The van der Waals surface area contributed by atoms with Crippen LogP contribution in [0.4, 0.5) is 5.69 Å². The van der Waals surface area contributed by atoms with Gasteiger partial charge in [-0.2, -0.15) is 0 Å². The van der Waals surface area contributed by atoms with Gasteiger partial charge in [-0.05, 0) is 72.5 Å². The smallest absolute Gasteiger partial charge is 0.264 e. The monoisotopic (exact) mass is 703 g/mol. The number of anilines is 1. The molecule has 0 aromatic heterocycles. The lowest BCUT2D eigenvalue weighted by atomic mass is 10.0. The van der Waals surface area contributed by atoms with Crippen molar-refractivity contribution in [1.82, 2.24) is 10.2 Å². The third kappa shape index (κ3) is 8.35. The minimum Gasteiger partial charge on any atom is -0.497 e. The third-order valence-corrected chi connectivity index (χ3v) is 10.5. The number of nitrogens with zero attached hydrogens (tertiary/aromatic N) is 2. The molecule has 8 nitrogen and oxygen atoms in total. The molecule has 0 saturated heterocycles. The van der Waals surface area contributed by atoms with Crippen LogP contribution in [-0.2, 0) is 32.6 Å². The summed E-state index contributed by atoms with van der Waals surface area (Å²) in [5.74, 6) is -0.226. The molecule has 4 aromatic rings. The number of benzene rings is 4. The summed E-state index contributed by atoms with van der Waals surface area (Å²) in [6, 6.07) is 30.9. The van der Waals surface area contributed by atoms with E-state index in [0.29, 0.717) is 11.4 Å². The van der Waals surface area contributed by atoms with Crippen LogP contribution in [0.2, 0.25) is 0 Å². The highest BCUT2D eigenvalue weighted by Crippen LogP contribution is 2.27. The van der Waals surface area contributed by atoms with E-state index in [1.54, 1.807) is 42.5 Å². The summed E-state index contributed by atoms with van der Waals surface area (Å²) in [4.78, 5) is 30.2. The number of hydrogen-bond acceptors (Lipinski definition) is 5. The van der Waals surface area contributed by atoms with Gasteiger partial charge in [0.15, 0.2) is 0 Å². The molecular weight excluding hydrogens is 666 g/mol. The summed E-state index contributed by atoms with van der Waals surface area (Å²) < 4.78 is 35.5. The zero-order chi connectivity index (χ0) is 32.5. The molecule has 0 heterocycles. The fraction of sp³-hybridized carbons (Fsp3) is 0.278. The van der Waals surface area contributed by atoms with E-state index in [-0.39, 0.29) is 29.8 Å². The van der Waals surface area contributed by atoms with E-state index in [0.717, 1.165) is 45.6 Å². The largest absolute Gasteiger partial charge is 0.497 e. The Kier molecular flexibility index (Phi) is 11.1. The van der Waals surface area contributed by atoms with E-state index in [9.17, 15) is 18.0 Å². The molecule has 240 valence electrons. The Morgan fingerprint density at radius 3 is 2.07 bits per heavy atom. The van der Waals surface area contributed by atoms with Gasteiger partial charge in [0.25, 0.3) is 10.0 Å². The van der Waals surface area contributed by atoms with Crippen LogP contribution in [0, 0.1) is 0 Å². The van der Waals surface area contributed by atoms with E-state index in [1.165, 1.54) is 24.1 Å². The summed E-state index contributed by atoms with van der Waals surface area (Å²) in [6.07, 6.45) is 4.16. The Balaban J connectivity index is 1.54. The van der Waals surface area contributed by atoms with Crippen LogP contribution in [0.5, 0.6) is 5.75 Å². The molecule has 4 aromatic carbocycles. The minimum atomic E-state index is -4.19. The number of sulfonamides is 1. The van der Waals surface area contributed by atoms with Crippen molar-refractivity contribution in [2.24, 2.45) is 0 Å². The quantitative estimate of drug-likeness (QED) is 0.175. The van der Waals surface area contributed by atoms with Crippen LogP contribution in [0.3, 0.4) is 0 Å². The average Bonchev–Trinajstić information content (AvgIpc) is 3.59. The van der Waals surface area contributed by atoms with Crippen LogP contribution < -0.4 is 14.4 Å². The summed E-state index contributed by atoms with van der Waals surface area (Å²) in [6.45, 7) is -0.385. The molecule has 2 amide bonds. The van der Waals surface area contributed by atoms with Gasteiger partial charge in [-0.15, -0.1) is 0 Å². The van der Waals surface area contributed by atoms with E-state index in [2.05, 4.69) is 21.2 Å². The van der Waals surface area contributed by atoms with Crippen molar-refractivity contribution in [2.75, 3.05) is 18.0 Å². The van der Waals surface area contributed by atoms with Gasteiger partial charge in [-0.25, -0.2) is 8.42 Å². The summed E-state index contributed by atoms with van der Waals surface area (Å²) >= 11 is 3.47. The number of methoxy groups -OCH3 is 1. The Labute approximate surface area is 279 Å². The first kappa shape index (κ1) is 33.2. The molecule has 0 aliphatic heterocycles. The zero-order valence-electron chi connectivity index (χ0n) is 25.7. The molecule has 0 radical (unpaired) electrons. The van der Waals surface area contributed by atoms with Gasteiger partial charge >= 0.3 is 0 Å². The standard InChI is InChI=1S/C36H38BrN3O5S/c1-45-32-20-22-33(23-21-32)46(43,44)40(31-14-6-3-7-15-31)26-35(41)39(25-28-16-18-29(37)19-17-28)34(24-27-10-4-2-5-11-27)36(42)38-30-12-8-9-13-30/h2-7,10-11,14-23,30,34H,8-9,12-13,24-26H2,1H3,(H,38,42)/t34-/m0/s1. The Bertz CT molecular complexity index is 1700. The second-order valence-corrected chi connectivity index (χ2v) is 14.1. The van der Waals surface area contributed by atoms with Gasteiger partial charge < -0.3 is 15.0 Å². The molecule has 5 rings (SSSR count). The lowest BCUT2D eigenvalue weighted by molar-refractivity contribution is -0.140. The van der Waals surface area contributed by atoms with Gasteiger partial charge in [0.2, 0.25) is 11.8 Å². The van der Waals surface area contributed by atoms with Crippen molar-refractivity contribution in [3.63, 3.8) is 0 Å². The van der Waals surface area contributed by atoms with Crippen LogP contribution in [-0.4, -0.2) is 50.9 Å². The number of hydrogen-bond donors (Lipinski definition) is 1. The highest BCUT2D eigenvalue weighted by molar-refractivity contribution is 9.10. The highest BCUT2D eigenvalue weighted by atomic mass is 79.9. The molecular formula is C36H38BrN3O5S. The Morgan fingerprint density at radius 2 is 1.46 bits per heavy atom. The number of halogens is 1. The Morgan fingerprint density at radius 1 is 0.848 bits per heavy atom. The Hall–Kier alpha value is -4.15. The first-order valence-corrected chi connectivity index (χ1v) is 17.6. The molecule has 10 heteroatoms. The SMILES string of the molecule is COc1ccc(S(=O)(=O)N(CC(=O)N(Cc2ccc(Br)cc2)[C@@H](Cc2ccccc2)C(=O)NC2CCCC2)c2ccccc2)cc1.